The van der Waals surface area contributed by atoms with Gasteiger partial charge in [-0.25, -0.2) is 0 Å². The number of carbonyl (C=O) groups excluding carboxylic acids is 1. The molecule has 0 unspecified atom stereocenters. The summed E-state index contributed by atoms with van der Waals surface area (Å²) in [6, 6.07) is 0. The third-order valence-corrected chi connectivity index (χ3v) is 10.5. The minimum Gasteiger partial charge on any atom is -0.390 e. The number of Topliss-reactive ketones (excluding diaryl/α,β-unsaturated/α-hetero) is 1. The maximum atomic E-state index is 12.1. The van der Waals surface area contributed by atoms with Gasteiger partial charge >= 0.3 is 0 Å². The normalized spacial score (nSPS) is 45.8. The van der Waals surface area contributed by atoms with Gasteiger partial charge in [0.05, 0.1) is 5.60 Å². The summed E-state index contributed by atoms with van der Waals surface area (Å²) in [5.74, 6) is 3.48. The SMILES string of the molecule is C[C@H](CCC(C)(C)O)[C@H]1CC[C@@H]2[C@]1(C)CC[C@H]1[C@@]2(C)CC=C2CC(=O)CC[C@@]21C. The Labute approximate surface area is 178 Å². The zero-order chi connectivity index (χ0) is 21.2. The second-order valence-corrected chi connectivity index (χ2v) is 12.7. The van der Waals surface area contributed by atoms with Gasteiger partial charge in [0.2, 0.25) is 0 Å². The average Bonchev–Trinajstić information content (AvgIpc) is 2.98. The van der Waals surface area contributed by atoms with Crippen LogP contribution in [-0.4, -0.2) is 16.5 Å². The van der Waals surface area contributed by atoms with Crippen LogP contribution < -0.4 is 0 Å². The van der Waals surface area contributed by atoms with E-state index in [0.29, 0.717) is 22.5 Å². The monoisotopic (exact) mass is 400 g/mol. The van der Waals surface area contributed by atoms with Crippen molar-refractivity contribution in [3.63, 3.8) is 0 Å². The average molecular weight is 401 g/mol. The molecule has 164 valence electrons. The van der Waals surface area contributed by atoms with Crippen LogP contribution in [0.15, 0.2) is 11.6 Å². The van der Waals surface area contributed by atoms with Crippen molar-refractivity contribution in [3.8, 4) is 0 Å². The van der Waals surface area contributed by atoms with Crippen LogP contribution in [0, 0.1) is 39.9 Å². The van der Waals surface area contributed by atoms with E-state index in [-0.39, 0.29) is 5.41 Å². The molecule has 29 heavy (non-hydrogen) atoms. The number of hydrogen-bond acceptors (Lipinski definition) is 2. The molecule has 2 heteroatoms. The van der Waals surface area contributed by atoms with Crippen LogP contribution in [0.5, 0.6) is 0 Å². The molecule has 1 N–H and O–H groups in total. The molecule has 0 bridgehead atoms. The third-order valence-electron chi connectivity index (χ3n) is 10.5. The summed E-state index contributed by atoms with van der Waals surface area (Å²) in [7, 11) is 0. The molecular formula is C27H44O2. The molecule has 0 saturated heterocycles. The van der Waals surface area contributed by atoms with Gasteiger partial charge in [0.15, 0.2) is 0 Å². The highest BCUT2D eigenvalue weighted by Gasteiger charge is 2.63. The van der Waals surface area contributed by atoms with Gasteiger partial charge in [-0.1, -0.05) is 39.3 Å². The summed E-state index contributed by atoms with van der Waals surface area (Å²) >= 11 is 0. The van der Waals surface area contributed by atoms with Crippen LogP contribution >= 0.6 is 0 Å². The van der Waals surface area contributed by atoms with E-state index < -0.39 is 5.60 Å². The topological polar surface area (TPSA) is 37.3 Å². The van der Waals surface area contributed by atoms with Crippen molar-refractivity contribution < 1.29 is 9.90 Å². The Hall–Kier alpha value is -0.630. The van der Waals surface area contributed by atoms with E-state index in [1.165, 1.54) is 37.7 Å². The predicted octanol–water partition coefficient (Wildman–Crippen LogP) is 6.71. The molecule has 0 aliphatic heterocycles. The van der Waals surface area contributed by atoms with Crippen molar-refractivity contribution >= 4 is 5.78 Å². The first-order chi connectivity index (χ1) is 13.4. The number of carbonyl (C=O) groups is 1. The maximum absolute atomic E-state index is 12.1. The van der Waals surface area contributed by atoms with Crippen LogP contribution in [0.2, 0.25) is 0 Å². The predicted molar refractivity (Wildman–Crippen MR) is 120 cm³/mol. The highest BCUT2D eigenvalue weighted by molar-refractivity contribution is 5.82. The molecule has 0 aromatic heterocycles. The van der Waals surface area contributed by atoms with Crippen molar-refractivity contribution in [1.29, 1.82) is 0 Å². The molecule has 0 heterocycles. The molecule has 3 saturated carbocycles. The van der Waals surface area contributed by atoms with E-state index >= 15 is 0 Å². The van der Waals surface area contributed by atoms with Gasteiger partial charge in [-0.3, -0.25) is 4.79 Å². The summed E-state index contributed by atoms with van der Waals surface area (Å²) in [6.45, 7) is 14.1. The summed E-state index contributed by atoms with van der Waals surface area (Å²) in [6.07, 6.45) is 13.7. The Bertz CT molecular complexity index is 700. The standard InChI is InChI=1S/C27H44O2/c1-18(9-13-24(2,3)29)21-7-8-22-26(21,5)16-12-23-25(4)15-11-20(28)17-19(25)10-14-27(22,23)6/h10,18,21-23,29H,7-9,11-17H2,1-6H3/t18-,21-,22-,23-,25+,26-,27+/m1/s1. The van der Waals surface area contributed by atoms with Gasteiger partial charge in [0, 0.05) is 12.8 Å². The third kappa shape index (κ3) is 3.36. The highest BCUT2D eigenvalue weighted by Crippen LogP contribution is 2.71. The van der Waals surface area contributed by atoms with Crippen LogP contribution in [0.4, 0.5) is 0 Å². The molecule has 4 aliphatic carbocycles. The van der Waals surface area contributed by atoms with Gasteiger partial charge in [-0.2, -0.15) is 0 Å². The molecule has 0 amide bonds. The summed E-state index contributed by atoms with van der Waals surface area (Å²) in [5, 5.41) is 10.2. The second kappa shape index (κ2) is 6.94. The molecule has 4 rings (SSSR count). The van der Waals surface area contributed by atoms with Crippen LogP contribution in [0.1, 0.15) is 106 Å². The van der Waals surface area contributed by atoms with E-state index in [0.717, 1.165) is 49.9 Å². The van der Waals surface area contributed by atoms with Crippen molar-refractivity contribution in [2.24, 2.45) is 39.9 Å². The lowest BCUT2D eigenvalue weighted by Gasteiger charge is -2.63. The van der Waals surface area contributed by atoms with Gasteiger partial charge in [-0.15, -0.1) is 0 Å². The van der Waals surface area contributed by atoms with Gasteiger partial charge < -0.3 is 5.11 Å². The Morgan fingerprint density at radius 3 is 2.52 bits per heavy atom. The van der Waals surface area contributed by atoms with E-state index in [4.69, 9.17) is 0 Å². The molecule has 2 nitrogen and oxygen atoms in total. The van der Waals surface area contributed by atoms with Crippen molar-refractivity contribution in [2.75, 3.05) is 0 Å². The summed E-state index contributed by atoms with van der Waals surface area (Å²) in [5.41, 5.74) is 2.02. The molecule has 0 radical (unpaired) electrons. The minimum atomic E-state index is -0.547. The summed E-state index contributed by atoms with van der Waals surface area (Å²) < 4.78 is 0. The van der Waals surface area contributed by atoms with Crippen molar-refractivity contribution in [1.82, 2.24) is 0 Å². The number of allylic oxidation sites excluding steroid dienone is 2. The highest BCUT2D eigenvalue weighted by atomic mass is 16.3. The minimum absolute atomic E-state index is 0.257. The first-order valence-corrected chi connectivity index (χ1v) is 12.3. The molecule has 3 fully saturated rings. The fourth-order valence-corrected chi connectivity index (χ4v) is 8.89. The van der Waals surface area contributed by atoms with E-state index in [1.807, 2.05) is 13.8 Å². The van der Waals surface area contributed by atoms with Crippen LogP contribution in [0.25, 0.3) is 0 Å². The second-order valence-electron chi connectivity index (χ2n) is 12.7. The van der Waals surface area contributed by atoms with Crippen LogP contribution in [0.3, 0.4) is 0 Å². The fourth-order valence-electron chi connectivity index (χ4n) is 8.89. The fraction of sp³-hybridized carbons (Fsp3) is 0.889. The number of aliphatic hydroxyl groups is 1. The Kier molecular flexibility index (Phi) is 5.17. The first kappa shape index (κ1) is 21.6. The zero-order valence-electron chi connectivity index (χ0n) is 19.8. The lowest BCUT2D eigenvalue weighted by atomic mass is 9.41. The van der Waals surface area contributed by atoms with E-state index in [2.05, 4.69) is 33.8 Å². The number of fused-ring (bicyclic) bond motifs is 5. The van der Waals surface area contributed by atoms with Crippen LogP contribution in [-0.2, 0) is 4.79 Å². The first-order valence-electron chi connectivity index (χ1n) is 12.3. The molecular weight excluding hydrogens is 356 g/mol. The smallest absolute Gasteiger partial charge is 0.136 e. The largest absolute Gasteiger partial charge is 0.390 e. The van der Waals surface area contributed by atoms with Gasteiger partial charge in [0.1, 0.15) is 5.78 Å². The molecule has 0 spiro atoms. The quantitative estimate of drug-likeness (QED) is 0.532. The number of hydrogen-bond donors (Lipinski definition) is 1. The number of rotatable bonds is 4. The van der Waals surface area contributed by atoms with Gasteiger partial charge in [-0.05, 0) is 105 Å². The Morgan fingerprint density at radius 1 is 1.10 bits per heavy atom. The molecule has 0 aromatic carbocycles. The lowest BCUT2D eigenvalue weighted by molar-refractivity contribution is -0.129. The Morgan fingerprint density at radius 2 is 1.83 bits per heavy atom. The van der Waals surface area contributed by atoms with Crippen molar-refractivity contribution in [3.05, 3.63) is 11.6 Å². The molecule has 0 aromatic rings. The van der Waals surface area contributed by atoms with E-state index in [9.17, 15) is 9.90 Å². The molecule has 4 aliphatic rings. The summed E-state index contributed by atoms with van der Waals surface area (Å²) in [4.78, 5) is 12.1. The van der Waals surface area contributed by atoms with Gasteiger partial charge in [0.25, 0.3) is 0 Å². The van der Waals surface area contributed by atoms with Crippen molar-refractivity contribution in [2.45, 2.75) is 111 Å². The lowest BCUT2D eigenvalue weighted by Crippen LogP contribution is -2.56. The maximum Gasteiger partial charge on any atom is 0.136 e. The van der Waals surface area contributed by atoms with E-state index in [1.54, 1.807) is 0 Å². The zero-order valence-corrected chi connectivity index (χ0v) is 19.8. The molecule has 7 atom stereocenters. The number of ketones is 1. The Balaban J connectivity index is 1.59.